The van der Waals surface area contributed by atoms with E-state index >= 15 is 0 Å². The summed E-state index contributed by atoms with van der Waals surface area (Å²) >= 11 is 0. The van der Waals surface area contributed by atoms with Gasteiger partial charge in [-0.15, -0.1) is 0 Å². The van der Waals surface area contributed by atoms with Crippen LogP contribution in [-0.2, 0) is 10.0 Å². The van der Waals surface area contributed by atoms with E-state index < -0.39 is 10.0 Å². The molecule has 0 saturated carbocycles. The maximum absolute atomic E-state index is 12.6. The summed E-state index contributed by atoms with van der Waals surface area (Å²) in [5.41, 5.74) is 5.97. The standard InChI is InChI=1S/C15H24N2O3S/c1-3-15(4-2)7-9-17(10-8-15)21(19,20)12-5-6-14(18)13(16)11-12/h5-6,11,18H,3-4,7-10,16H2,1-2H3. The summed E-state index contributed by atoms with van der Waals surface area (Å²) in [4.78, 5) is 0.151. The van der Waals surface area contributed by atoms with Gasteiger partial charge in [0, 0.05) is 13.1 Å². The maximum Gasteiger partial charge on any atom is 0.243 e. The van der Waals surface area contributed by atoms with Crippen molar-refractivity contribution in [2.45, 2.75) is 44.4 Å². The lowest BCUT2D eigenvalue weighted by Crippen LogP contribution is -2.42. The number of nitrogen functional groups attached to an aromatic ring is 1. The number of benzene rings is 1. The fourth-order valence-corrected chi connectivity index (χ4v) is 4.48. The predicted molar refractivity (Wildman–Crippen MR) is 83.5 cm³/mol. The third-order valence-electron chi connectivity index (χ3n) is 4.92. The van der Waals surface area contributed by atoms with E-state index in [4.69, 9.17) is 5.73 Å². The van der Waals surface area contributed by atoms with Crippen molar-refractivity contribution >= 4 is 15.7 Å². The molecule has 0 aliphatic carbocycles. The van der Waals surface area contributed by atoms with E-state index in [-0.39, 0.29) is 21.7 Å². The topological polar surface area (TPSA) is 83.6 Å². The van der Waals surface area contributed by atoms with Gasteiger partial charge < -0.3 is 10.8 Å². The fourth-order valence-electron chi connectivity index (χ4n) is 3.00. The minimum atomic E-state index is -3.53. The van der Waals surface area contributed by atoms with Gasteiger partial charge in [-0.1, -0.05) is 26.7 Å². The summed E-state index contributed by atoms with van der Waals surface area (Å²) in [5, 5.41) is 9.42. The SMILES string of the molecule is CCC1(CC)CCN(S(=O)(=O)c2ccc(O)c(N)c2)CC1. The number of phenolic OH excluding ortho intramolecular Hbond substituents is 1. The van der Waals surface area contributed by atoms with E-state index in [2.05, 4.69) is 13.8 Å². The van der Waals surface area contributed by atoms with E-state index in [0.717, 1.165) is 25.7 Å². The van der Waals surface area contributed by atoms with E-state index in [9.17, 15) is 13.5 Å². The molecule has 1 fully saturated rings. The van der Waals surface area contributed by atoms with Crippen LogP contribution >= 0.6 is 0 Å². The molecule has 0 spiro atoms. The molecule has 6 heteroatoms. The second-order valence-corrected chi connectivity index (χ2v) is 7.77. The van der Waals surface area contributed by atoms with Crippen molar-refractivity contribution in [1.29, 1.82) is 0 Å². The molecule has 0 atom stereocenters. The zero-order chi connectivity index (χ0) is 15.7. The normalized spacial score (nSPS) is 19.5. The molecule has 0 bridgehead atoms. The molecule has 2 rings (SSSR count). The van der Waals surface area contributed by atoms with Crippen LogP contribution in [0.3, 0.4) is 0 Å². The molecule has 1 heterocycles. The first-order chi connectivity index (χ1) is 9.84. The monoisotopic (exact) mass is 312 g/mol. The first-order valence-electron chi connectivity index (χ1n) is 7.43. The first-order valence-corrected chi connectivity index (χ1v) is 8.87. The highest BCUT2D eigenvalue weighted by Gasteiger charge is 2.36. The first kappa shape index (κ1) is 16.1. The lowest BCUT2D eigenvalue weighted by atomic mass is 9.75. The number of piperidine rings is 1. The molecule has 1 aliphatic rings. The van der Waals surface area contributed by atoms with Crippen molar-refractivity contribution in [2.75, 3.05) is 18.8 Å². The summed E-state index contributed by atoms with van der Waals surface area (Å²) in [6.45, 7) is 5.44. The molecule has 1 saturated heterocycles. The zero-order valence-electron chi connectivity index (χ0n) is 12.7. The number of sulfonamides is 1. The molecule has 3 N–H and O–H groups in total. The summed E-state index contributed by atoms with van der Waals surface area (Å²) in [5.74, 6) is -0.0939. The molecular formula is C15H24N2O3S. The zero-order valence-corrected chi connectivity index (χ0v) is 13.5. The fraction of sp³-hybridized carbons (Fsp3) is 0.600. The van der Waals surface area contributed by atoms with Crippen LogP contribution in [0.4, 0.5) is 5.69 Å². The Hall–Kier alpha value is -1.27. The van der Waals surface area contributed by atoms with Gasteiger partial charge in [0.25, 0.3) is 0 Å². The van der Waals surface area contributed by atoms with Crippen LogP contribution in [0, 0.1) is 5.41 Å². The van der Waals surface area contributed by atoms with Crippen LogP contribution in [0.2, 0.25) is 0 Å². The third-order valence-corrected chi connectivity index (χ3v) is 6.81. The Morgan fingerprint density at radius 1 is 1.24 bits per heavy atom. The number of rotatable bonds is 4. The number of hydrogen-bond donors (Lipinski definition) is 2. The number of phenols is 1. The Bertz CT molecular complexity index is 599. The minimum Gasteiger partial charge on any atom is -0.506 e. The maximum atomic E-state index is 12.6. The van der Waals surface area contributed by atoms with Gasteiger partial charge in [-0.2, -0.15) is 4.31 Å². The number of nitrogens with two attached hydrogens (primary N) is 1. The molecule has 1 aromatic carbocycles. The van der Waals surface area contributed by atoms with Crippen LogP contribution in [0.5, 0.6) is 5.75 Å². The lowest BCUT2D eigenvalue weighted by molar-refractivity contribution is 0.141. The molecule has 118 valence electrons. The Kier molecular flexibility index (Phi) is 4.49. The van der Waals surface area contributed by atoms with E-state index in [0.29, 0.717) is 13.1 Å². The highest BCUT2D eigenvalue weighted by molar-refractivity contribution is 7.89. The molecular weight excluding hydrogens is 288 g/mol. The van der Waals surface area contributed by atoms with Crippen LogP contribution in [0.1, 0.15) is 39.5 Å². The van der Waals surface area contributed by atoms with Gasteiger partial charge in [-0.05, 0) is 36.5 Å². The Balaban J connectivity index is 2.20. The Labute approximate surface area is 126 Å². The summed E-state index contributed by atoms with van der Waals surface area (Å²) in [6.07, 6.45) is 3.96. The Morgan fingerprint density at radius 3 is 2.29 bits per heavy atom. The van der Waals surface area contributed by atoms with Gasteiger partial charge in [-0.25, -0.2) is 8.42 Å². The second kappa shape index (κ2) is 5.85. The second-order valence-electron chi connectivity index (χ2n) is 5.83. The van der Waals surface area contributed by atoms with Gasteiger partial charge in [0.05, 0.1) is 10.6 Å². The molecule has 5 nitrogen and oxygen atoms in total. The van der Waals surface area contributed by atoms with Crippen LogP contribution < -0.4 is 5.73 Å². The van der Waals surface area contributed by atoms with Crippen LogP contribution in [0.15, 0.2) is 23.1 Å². The molecule has 0 amide bonds. The highest BCUT2D eigenvalue weighted by Crippen LogP contribution is 2.39. The molecule has 0 aromatic heterocycles. The Morgan fingerprint density at radius 2 is 1.81 bits per heavy atom. The number of anilines is 1. The van der Waals surface area contributed by atoms with Crippen molar-refractivity contribution in [3.63, 3.8) is 0 Å². The van der Waals surface area contributed by atoms with Gasteiger partial charge in [0.15, 0.2) is 0 Å². The smallest absolute Gasteiger partial charge is 0.243 e. The van der Waals surface area contributed by atoms with Gasteiger partial charge in [-0.3, -0.25) is 0 Å². The molecule has 1 aromatic rings. The minimum absolute atomic E-state index is 0.0875. The summed E-state index contributed by atoms with van der Waals surface area (Å²) in [7, 11) is -3.53. The molecule has 1 aliphatic heterocycles. The average Bonchev–Trinajstić information content (AvgIpc) is 2.50. The van der Waals surface area contributed by atoms with Crippen molar-refractivity contribution in [1.82, 2.24) is 4.31 Å². The van der Waals surface area contributed by atoms with E-state index in [1.807, 2.05) is 0 Å². The number of aromatic hydroxyl groups is 1. The molecule has 0 unspecified atom stereocenters. The van der Waals surface area contributed by atoms with Crippen molar-refractivity contribution in [2.24, 2.45) is 5.41 Å². The quantitative estimate of drug-likeness (QED) is 0.661. The molecule has 0 radical (unpaired) electrons. The number of hydrogen-bond acceptors (Lipinski definition) is 4. The number of nitrogens with zero attached hydrogens (tertiary/aromatic N) is 1. The highest BCUT2D eigenvalue weighted by atomic mass is 32.2. The van der Waals surface area contributed by atoms with Crippen molar-refractivity contribution in [3.8, 4) is 5.75 Å². The lowest BCUT2D eigenvalue weighted by Gasteiger charge is -2.40. The van der Waals surface area contributed by atoms with Crippen LogP contribution in [0.25, 0.3) is 0 Å². The van der Waals surface area contributed by atoms with Gasteiger partial charge >= 0.3 is 0 Å². The average molecular weight is 312 g/mol. The van der Waals surface area contributed by atoms with E-state index in [1.165, 1.54) is 22.5 Å². The largest absolute Gasteiger partial charge is 0.506 e. The van der Waals surface area contributed by atoms with E-state index in [1.54, 1.807) is 0 Å². The third kappa shape index (κ3) is 3.01. The van der Waals surface area contributed by atoms with Crippen molar-refractivity contribution < 1.29 is 13.5 Å². The summed E-state index contributed by atoms with van der Waals surface area (Å²) < 4.78 is 26.8. The van der Waals surface area contributed by atoms with Crippen LogP contribution in [-0.4, -0.2) is 30.9 Å². The summed E-state index contributed by atoms with van der Waals surface area (Å²) in [6, 6.07) is 4.06. The van der Waals surface area contributed by atoms with Crippen molar-refractivity contribution in [3.05, 3.63) is 18.2 Å². The van der Waals surface area contributed by atoms with Gasteiger partial charge in [0.1, 0.15) is 5.75 Å². The van der Waals surface area contributed by atoms with Gasteiger partial charge in [0.2, 0.25) is 10.0 Å². The predicted octanol–water partition coefficient (Wildman–Crippen LogP) is 2.57. The molecule has 21 heavy (non-hydrogen) atoms.